The number of hydrogen-bond acceptors (Lipinski definition) is 1. The lowest BCUT2D eigenvalue weighted by atomic mass is 9.77. The average molecular weight is 871 g/mol. The van der Waals surface area contributed by atoms with Gasteiger partial charge in [-0.2, -0.15) is 0 Å². The van der Waals surface area contributed by atoms with Crippen molar-refractivity contribution in [3.05, 3.63) is 247 Å². The Kier molecular flexibility index (Phi) is 9.27. The van der Waals surface area contributed by atoms with Crippen LogP contribution < -0.4 is 4.90 Å². The van der Waals surface area contributed by atoms with Gasteiger partial charge < -0.3 is 9.47 Å². The lowest BCUT2D eigenvalue weighted by Gasteiger charge is -2.26. The number of aryl methyl sites for hydroxylation is 1. The fourth-order valence-corrected chi connectivity index (χ4v) is 11.7. The molecule has 0 N–H and O–H groups in total. The van der Waals surface area contributed by atoms with Gasteiger partial charge in [0.2, 0.25) is 0 Å². The molecule has 0 saturated carbocycles. The van der Waals surface area contributed by atoms with E-state index in [0.29, 0.717) is 0 Å². The average Bonchev–Trinajstić information content (AvgIpc) is 3.84. The Morgan fingerprint density at radius 2 is 0.956 bits per heavy atom. The zero-order valence-corrected chi connectivity index (χ0v) is 38.7. The Hall–Kier alpha value is -8.20. The maximum atomic E-state index is 2.51. The minimum absolute atomic E-state index is 0.0132. The topological polar surface area (TPSA) is 8.17 Å². The van der Waals surface area contributed by atoms with Crippen LogP contribution in [0.1, 0.15) is 43.4 Å². The molecule has 0 saturated heterocycles. The smallest absolute Gasteiger partial charge is 0.0541 e. The van der Waals surface area contributed by atoms with E-state index in [1.54, 1.807) is 5.57 Å². The van der Waals surface area contributed by atoms with Gasteiger partial charge in [0.1, 0.15) is 0 Å². The molecule has 0 amide bonds. The molecule has 0 fully saturated rings. The maximum Gasteiger partial charge on any atom is 0.0541 e. The van der Waals surface area contributed by atoms with Crippen LogP contribution in [0.15, 0.2) is 230 Å². The molecule has 324 valence electrons. The number of nitrogens with zero attached hydrogens (tertiary/aromatic N) is 2. The van der Waals surface area contributed by atoms with E-state index >= 15 is 0 Å². The molecule has 0 spiro atoms. The van der Waals surface area contributed by atoms with Gasteiger partial charge in [0.25, 0.3) is 0 Å². The highest BCUT2D eigenvalue weighted by molar-refractivity contribution is 6.21. The fraction of sp³-hybridized carbons (Fsp3) is 0.0909. The molecule has 2 heteroatoms. The third-order valence-electron chi connectivity index (χ3n) is 15.0. The Morgan fingerprint density at radius 1 is 0.441 bits per heavy atom. The summed E-state index contributed by atoms with van der Waals surface area (Å²) in [4.78, 5) is 2.34. The zero-order valence-electron chi connectivity index (χ0n) is 38.7. The summed E-state index contributed by atoms with van der Waals surface area (Å²) in [5.74, 6) is 0. The number of rotatable bonds is 7. The Morgan fingerprint density at radius 3 is 1.62 bits per heavy atom. The molecule has 68 heavy (non-hydrogen) atoms. The van der Waals surface area contributed by atoms with E-state index < -0.39 is 0 Å². The van der Waals surface area contributed by atoms with E-state index in [2.05, 4.69) is 255 Å². The summed E-state index contributed by atoms with van der Waals surface area (Å²) < 4.78 is 2.37. The maximum absolute atomic E-state index is 2.51. The summed E-state index contributed by atoms with van der Waals surface area (Å²) in [7, 11) is 0. The van der Waals surface area contributed by atoms with E-state index in [9.17, 15) is 0 Å². The van der Waals surface area contributed by atoms with Crippen molar-refractivity contribution in [1.29, 1.82) is 0 Å². The quantitative estimate of drug-likeness (QED) is 0.145. The summed E-state index contributed by atoms with van der Waals surface area (Å²) in [6, 6.07) is 78.6. The van der Waals surface area contributed by atoms with E-state index in [4.69, 9.17) is 0 Å². The summed E-state index contributed by atoms with van der Waals surface area (Å²) >= 11 is 0. The van der Waals surface area contributed by atoms with Crippen molar-refractivity contribution in [1.82, 2.24) is 4.57 Å². The van der Waals surface area contributed by atoms with Crippen LogP contribution in [-0.2, 0) is 5.41 Å². The lowest BCUT2D eigenvalue weighted by molar-refractivity contribution is 0.607. The lowest BCUT2D eigenvalue weighted by Crippen LogP contribution is -2.17. The van der Waals surface area contributed by atoms with E-state index in [0.717, 1.165) is 35.6 Å². The largest absolute Gasteiger partial charge is 0.311 e. The second kappa shape index (κ2) is 15.7. The summed E-state index contributed by atoms with van der Waals surface area (Å²) in [5, 5.41) is 7.69. The number of fused-ring (bicyclic) bond motifs is 7. The van der Waals surface area contributed by atoms with Crippen LogP contribution in [0.5, 0.6) is 0 Å². The van der Waals surface area contributed by atoms with Gasteiger partial charge in [-0.05, 0) is 158 Å². The predicted octanol–water partition coefficient (Wildman–Crippen LogP) is 18.3. The molecule has 0 bridgehead atoms. The van der Waals surface area contributed by atoms with Crippen LogP contribution in [0.3, 0.4) is 0 Å². The molecule has 0 radical (unpaired) electrons. The van der Waals surface area contributed by atoms with Crippen molar-refractivity contribution in [2.24, 2.45) is 0 Å². The number of para-hydroxylation sites is 3. The normalized spacial score (nSPS) is 14.0. The molecule has 10 aromatic carbocycles. The van der Waals surface area contributed by atoms with E-state index in [-0.39, 0.29) is 5.41 Å². The first-order chi connectivity index (χ1) is 33.4. The first-order valence-electron chi connectivity index (χ1n) is 24.1. The summed E-state index contributed by atoms with van der Waals surface area (Å²) in [5.41, 5.74) is 21.5. The highest BCUT2D eigenvalue weighted by Gasteiger charge is 2.37. The van der Waals surface area contributed by atoms with Gasteiger partial charge in [-0.15, -0.1) is 0 Å². The van der Waals surface area contributed by atoms with Crippen LogP contribution in [-0.4, -0.2) is 4.57 Å². The number of aromatic nitrogens is 1. The first-order valence-corrected chi connectivity index (χ1v) is 24.1. The van der Waals surface area contributed by atoms with Crippen molar-refractivity contribution in [2.75, 3.05) is 4.90 Å². The molecule has 1 heterocycles. The van der Waals surface area contributed by atoms with Crippen molar-refractivity contribution < 1.29 is 0 Å². The molecule has 2 aliphatic carbocycles. The van der Waals surface area contributed by atoms with Gasteiger partial charge in [0, 0.05) is 38.9 Å². The molecule has 2 aliphatic rings. The van der Waals surface area contributed by atoms with Crippen LogP contribution >= 0.6 is 0 Å². The van der Waals surface area contributed by atoms with Crippen molar-refractivity contribution in [3.63, 3.8) is 0 Å². The van der Waals surface area contributed by atoms with Crippen LogP contribution in [0.4, 0.5) is 17.1 Å². The van der Waals surface area contributed by atoms with Crippen molar-refractivity contribution in [3.8, 4) is 39.1 Å². The number of anilines is 3. The molecule has 0 unspecified atom stereocenters. The van der Waals surface area contributed by atoms with Gasteiger partial charge in [-0.3, -0.25) is 0 Å². The molecule has 0 aliphatic heterocycles. The third kappa shape index (κ3) is 6.32. The standard InChI is InChI=1S/C66H50N2/c1-43-25-39-58-59(41-43)64(56-20-7-8-21-57(56)65(58)47-32-40-53-52-17-9-12-22-60(52)66(2,3)61(53)42-47)46-28-26-44(27-29-46)45-30-33-49(34-31-45)67(48-15-5-4-6-16-48)50-35-37-51(38-36-50)68-62-23-13-10-18-54(62)55-19-11-14-24-63(55)68/h4-11,13-21,23-42H,12,22H2,1-3H3. The minimum Gasteiger partial charge on any atom is -0.311 e. The second-order valence-corrected chi connectivity index (χ2v) is 19.2. The number of allylic oxidation sites excluding steroid dienone is 4. The summed E-state index contributed by atoms with van der Waals surface area (Å²) in [6.45, 7) is 7.06. The van der Waals surface area contributed by atoms with Gasteiger partial charge in [0.15, 0.2) is 0 Å². The zero-order chi connectivity index (χ0) is 45.5. The minimum atomic E-state index is 0.0132. The second-order valence-electron chi connectivity index (χ2n) is 19.2. The molecule has 11 aromatic rings. The monoisotopic (exact) mass is 870 g/mol. The highest BCUT2D eigenvalue weighted by atomic mass is 15.1. The van der Waals surface area contributed by atoms with E-state index in [1.807, 2.05) is 0 Å². The van der Waals surface area contributed by atoms with Crippen LogP contribution in [0.2, 0.25) is 0 Å². The molecular formula is C66H50N2. The Labute approximate surface area is 398 Å². The van der Waals surface area contributed by atoms with Gasteiger partial charge in [-0.1, -0.05) is 183 Å². The number of benzene rings is 10. The molecule has 0 atom stereocenters. The van der Waals surface area contributed by atoms with E-state index in [1.165, 1.54) is 99.0 Å². The summed E-state index contributed by atoms with van der Waals surface area (Å²) in [6.07, 6.45) is 6.98. The predicted molar refractivity (Wildman–Crippen MR) is 290 cm³/mol. The van der Waals surface area contributed by atoms with Gasteiger partial charge >= 0.3 is 0 Å². The Balaban J connectivity index is 0.851. The van der Waals surface area contributed by atoms with Gasteiger partial charge in [-0.25, -0.2) is 0 Å². The molecular weight excluding hydrogens is 821 g/mol. The fourth-order valence-electron chi connectivity index (χ4n) is 11.7. The molecule has 1 aromatic heterocycles. The van der Waals surface area contributed by atoms with Gasteiger partial charge in [0.05, 0.1) is 11.0 Å². The van der Waals surface area contributed by atoms with Crippen LogP contribution in [0.25, 0.3) is 88.0 Å². The third-order valence-corrected chi connectivity index (χ3v) is 15.0. The molecule has 2 nitrogen and oxygen atoms in total. The first kappa shape index (κ1) is 40.1. The van der Waals surface area contributed by atoms with Crippen molar-refractivity contribution >= 4 is 66.0 Å². The number of hydrogen-bond donors (Lipinski definition) is 0. The molecule has 13 rings (SSSR count). The van der Waals surface area contributed by atoms with Crippen molar-refractivity contribution in [2.45, 2.75) is 39.0 Å². The SMILES string of the molecule is Cc1ccc2c(-c3ccc4c(c3)C(C)(C)C3=C4C=CCC3)c3ccccc3c(-c3ccc(-c4ccc(N(c5ccccc5)c5ccc(-n6c7ccccc7c7ccccc76)cc5)cc4)cc3)c2c1. The van der Waals surface area contributed by atoms with Crippen LogP contribution in [0, 0.1) is 6.92 Å². The highest BCUT2D eigenvalue weighted by Crippen LogP contribution is 2.52. The Bertz CT molecular complexity index is 3790.